The number of rotatable bonds is 4. The molecule has 2 aromatic heterocycles. The maximum atomic E-state index is 12.5. The Hall–Kier alpha value is -2.35. The smallest absolute Gasteiger partial charge is 0.245 e. The van der Waals surface area contributed by atoms with Gasteiger partial charge in [0.05, 0.1) is 18.7 Å². The van der Waals surface area contributed by atoms with E-state index in [1.54, 1.807) is 24.4 Å². The average Bonchev–Trinajstić information content (AvgIpc) is 2.94. The Kier molecular flexibility index (Phi) is 3.84. The second-order valence-electron chi connectivity index (χ2n) is 5.26. The highest BCUT2D eigenvalue weighted by Gasteiger charge is 2.33. The van der Waals surface area contributed by atoms with Gasteiger partial charge in [-0.1, -0.05) is 0 Å². The van der Waals surface area contributed by atoms with E-state index in [9.17, 15) is 4.79 Å². The molecule has 0 bridgehead atoms. The molecule has 0 N–H and O–H groups in total. The maximum absolute atomic E-state index is 12.5. The first-order chi connectivity index (χ1) is 10.6. The van der Waals surface area contributed by atoms with Gasteiger partial charge in [0.2, 0.25) is 5.91 Å². The van der Waals surface area contributed by atoms with E-state index in [2.05, 4.69) is 20.2 Å². The second kappa shape index (κ2) is 5.80. The quantitative estimate of drug-likeness (QED) is 0.822. The summed E-state index contributed by atoms with van der Waals surface area (Å²) in [6, 6.07) is -0.355. The number of amides is 1. The summed E-state index contributed by atoms with van der Waals surface area (Å²) < 4.78 is 6.91. The third kappa shape index (κ3) is 2.45. The van der Waals surface area contributed by atoms with Crippen molar-refractivity contribution in [2.45, 2.75) is 26.4 Å². The number of aromatic nitrogens is 5. The van der Waals surface area contributed by atoms with Gasteiger partial charge in [0.15, 0.2) is 11.6 Å². The van der Waals surface area contributed by atoms with Gasteiger partial charge in [-0.2, -0.15) is 0 Å². The third-order valence-corrected chi connectivity index (χ3v) is 3.76. The van der Waals surface area contributed by atoms with Gasteiger partial charge in [0, 0.05) is 26.0 Å². The Bertz CT molecular complexity index is 681. The van der Waals surface area contributed by atoms with E-state index in [0.717, 1.165) is 11.4 Å². The van der Waals surface area contributed by atoms with Crippen LogP contribution in [0.5, 0.6) is 0 Å². The van der Waals surface area contributed by atoms with Crippen molar-refractivity contribution in [1.82, 2.24) is 29.6 Å². The Balaban J connectivity index is 1.95. The Morgan fingerprint density at radius 2 is 2.05 bits per heavy atom. The van der Waals surface area contributed by atoms with Crippen molar-refractivity contribution in [2.24, 2.45) is 0 Å². The van der Waals surface area contributed by atoms with Crippen LogP contribution in [0.25, 0.3) is 11.4 Å². The zero-order valence-corrected chi connectivity index (χ0v) is 12.9. The SMILES string of the molecule is COCCN1Cc2nnc(-c3cnc(C)nc3)n2[C@@H](C)C1=O. The number of aryl methyl sites for hydroxylation is 1. The van der Waals surface area contributed by atoms with Crippen LogP contribution in [0.3, 0.4) is 0 Å². The molecule has 8 nitrogen and oxygen atoms in total. The summed E-state index contributed by atoms with van der Waals surface area (Å²) in [5, 5.41) is 8.44. The van der Waals surface area contributed by atoms with E-state index in [0.29, 0.717) is 31.3 Å². The minimum absolute atomic E-state index is 0.0404. The highest BCUT2D eigenvalue weighted by molar-refractivity contribution is 5.82. The van der Waals surface area contributed by atoms with E-state index in [1.165, 1.54) is 0 Å². The molecule has 0 radical (unpaired) electrons. The molecule has 1 atom stereocenters. The van der Waals surface area contributed by atoms with Gasteiger partial charge in [-0.15, -0.1) is 10.2 Å². The van der Waals surface area contributed by atoms with Crippen LogP contribution in [-0.2, 0) is 16.1 Å². The van der Waals surface area contributed by atoms with Crippen molar-refractivity contribution >= 4 is 5.91 Å². The topological polar surface area (TPSA) is 86.0 Å². The first-order valence-electron chi connectivity index (χ1n) is 7.12. The molecule has 1 aliphatic heterocycles. The van der Waals surface area contributed by atoms with Gasteiger partial charge in [-0.05, 0) is 13.8 Å². The van der Waals surface area contributed by atoms with E-state index in [-0.39, 0.29) is 11.9 Å². The minimum Gasteiger partial charge on any atom is -0.383 e. The number of carbonyl (C=O) groups is 1. The van der Waals surface area contributed by atoms with Crippen LogP contribution in [0, 0.1) is 6.92 Å². The lowest BCUT2D eigenvalue weighted by atomic mass is 10.2. The summed E-state index contributed by atoms with van der Waals surface area (Å²) in [6.07, 6.45) is 3.41. The van der Waals surface area contributed by atoms with Crippen LogP contribution in [0.15, 0.2) is 12.4 Å². The van der Waals surface area contributed by atoms with Crippen LogP contribution < -0.4 is 0 Å². The molecule has 0 fully saturated rings. The predicted octanol–water partition coefficient (Wildman–Crippen LogP) is 0.593. The van der Waals surface area contributed by atoms with Crippen LogP contribution >= 0.6 is 0 Å². The van der Waals surface area contributed by atoms with E-state index < -0.39 is 0 Å². The first-order valence-corrected chi connectivity index (χ1v) is 7.12. The second-order valence-corrected chi connectivity index (χ2v) is 5.26. The summed E-state index contributed by atoms with van der Waals surface area (Å²) in [4.78, 5) is 22.6. The molecule has 3 heterocycles. The van der Waals surface area contributed by atoms with Crippen LogP contribution in [0.1, 0.15) is 24.6 Å². The number of ether oxygens (including phenoxy) is 1. The zero-order valence-electron chi connectivity index (χ0n) is 12.9. The zero-order chi connectivity index (χ0) is 15.7. The summed E-state index contributed by atoms with van der Waals surface area (Å²) in [5.41, 5.74) is 0.759. The molecular formula is C14H18N6O2. The predicted molar refractivity (Wildman–Crippen MR) is 77.8 cm³/mol. The van der Waals surface area contributed by atoms with E-state index in [1.807, 2.05) is 18.4 Å². The molecule has 0 unspecified atom stereocenters. The maximum Gasteiger partial charge on any atom is 0.245 e. The molecule has 0 aliphatic carbocycles. The van der Waals surface area contributed by atoms with Gasteiger partial charge >= 0.3 is 0 Å². The van der Waals surface area contributed by atoms with Crippen LogP contribution in [0.2, 0.25) is 0 Å². The van der Waals surface area contributed by atoms with Crippen molar-refractivity contribution in [2.75, 3.05) is 20.3 Å². The lowest BCUT2D eigenvalue weighted by molar-refractivity contribution is -0.137. The number of hydrogen-bond acceptors (Lipinski definition) is 6. The lowest BCUT2D eigenvalue weighted by Gasteiger charge is -2.31. The standard InChI is InChI=1S/C14H18N6O2/c1-9-14(21)19(4-5-22-3)8-12-17-18-13(20(9)12)11-6-15-10(2)16-7-11/h6-7,9H,4-5,8H2,1-3H3/t9-/m0/s1. The fraction of sp³-hybridized carbons (Fsp3) is 0.500. The summed E-state index contributed by atoms with van der Waals surface area (Å²) in [5.74, 6) is 2.12. The molecule has 8 heteroatoms. The first kappa shape index (κ1) is 14.6. The van der Waals surface area contributed by atoms with Crippen LogP contribution in [0.4, 0.5) is 0 Å². The minimum atomic E-state index is -0.355. The van der Waals surface area contributed by atoms with Gasteiger partial charge in [-0.3, -0.25) is 9.36 Å². The lowest BCUT2D eigenvalue weighted by Crippen LogP contribution is -2.43. The molecule has 116 valence electrons. The molecule has 1 aliphatic rings. The number of hydrogen-bond donors (Lipinski definition) is 0. The summed E-state index contributed by atoms with van der Waals surface area (Å²) >= 11 is 0. The molecule has 2 aromatic rings. The number of methoxy groups -OCH3 is 1. The largest absolute Gasteiger partial charge is 0.383 e. The average molecular weight is 302 g/mol. The van der Waals surface area contributed by atoms with E-state index >= 15 is 0 Å². The molecule has 22 heavy (non-hydrogen) atoms. The number of nitrogens with zero attached hydrogens (tertiary/aromatic N) is 6. The van der Waals surface area contributed by atoms with Gasteiger partial charge < -0.3 is 9.64 Å². The normalized spacial score (nSPS) is 17.7. The molecule has 1 amide bonds. The Morgan fingerprint density at radius 3 is 2.73 bits per heavy atom. The Labute approximate surface area is 128 Å². The highest BCUT2D eigenvalue weighted by atomic mass is 16.5. The van der Waals surface area contributed by atoms with Crippen molar-refractivity contribution in [1.29, 1.82) is 0 Å². The molecule has 3 rings (SSSR count). The van der Waals surface area contributed by atoms with Crippen molar-refractivity contribution in [3.63, 3.8) is 0 Å². The Morgan fingerprint density at radius 1 is 1.32 bits per heavy atom. The molecule has 0 aromatic carbocycles. The molecule has 0 saturated carbocycles. The summed E-state index contributed by atoms with van der Waals surface area (Å²) in [7, 11) is 1.62. The molecule has 0 spiro atoms. The van der Waals surface area contributed by atoms with Crippen molar-refractivity contribution in [3.05, 3.63) is 24.0 Å². The molecule has 0 saturated heterocycles. The molecular weight excluding hydrogens is 284 g/mol. The van der Waals surface area contributed by atoms with Gasteiger partial charge in [0.25, 0.3) is 0 Å². The monoisotopic (exact) mass is 302 g/mol. The fourth-order valence-electron chi connectivity index (χ4n) is 2.56. The number of carbonyl (C=O) groups excluding carboxylic acids is 1. The van der Waals surface area contributed by atoms with Crippen LogP contribution in [-0.4, -0.2) is 55.8 Å². The number of fused-ring (bicyclic) bond motifs is 1. The van der Waals surface area contributed by atoms with Crippen molar-refractivity contribution in [3.8, 4) is 11.4 Å². The summed E-state index contributed by atoms with van der Waals surface area (Å²) in [6.45, 7) is 5.17. The highest BCUT2D eigenvalue weighted by Crippen LogP contribution is 2.27. The van der Waals surface area contributed by atoms with Gasteiger partial charge in [-0.25, -0.2) is 9.97 Å². The van der Waals surface area contributed by atoms with Gasteiger partial charge in [0.1, 0.15) is 11.9 Å². The van der Waals surface area contributed by atoms with Crippen molar-refractivity contribution < 1.29 is 9.53 Å². The third-order valence-electron chi connectivity index (χ3n) is 3.76. The van der Waals surface area contributed by atoms with E-state index in [4.69, 9.17) is 4.74 Å². The fourth-order valence-corrected chi connectivity index (χ4v) is 2.56.